The Labute approximate surface area is 103 Å². The van der Waals surface area contributed by atoms with Crippen LogP contribution in [0.15, 0.2) is 17.0 Å². The molecule has 0 unspecified atom stereocenters. The minimum absolute atomic E-state index is 0.632. The third-order valence-electron chi connectivity index (χ3n) is 3.13. The predicted octanol–water partition coefficient (Wildman–Crippen LogP) is 3.85. The lowest BCUT2D eigenvalue weighted by Crippen LogP contribution is -2.21. The molecule has 2 rings (SSSR count). The van der Waals surface area contributed by atoms with Gasteiger partial charge in [-0.3, -0.25) is 0 Å². The van der Waals surface area contributed by atoms with Gasteiger partial charge in [0.2, 0.25) is 0 Å². The Morgan fingerprint density at radius 1 is 1.56 bits per heavy atom. The molecule has 0 radical (unpaired) electrons. The van der Waals surface area contributed by atoms with Gasteiger partial charge in [-0.2, -0.15) is 0 Å². The van der Waals surface area contributed by atoms with Crippen molar-refractivity contribution < 1.29 is 0 Å². The fourth-order valence-electron chi connectivity index (χ4n) is 1.67. The number of nitrogens with one attached hydrogen (secondary N) is 1. The molecule has 1 aromatic heterocycles. The minimum Gasteiger partial charge on any atom is -0.310 e. The highest BCUT2D eigenvalue weighted by atomic mass is 32.1. The van der Waals surface area contributed by atoms with Crippen molar-refractivity contribution in [2.45, 2.75) is 39.7 Å². The van der Waals surface area contributed by atoms with Crippen LogP contribution >= 0.6 is 11.3 Å². The molecule has 88 valence electrons. The van der Waals surface area contributed by atoms with Gasteiger partial charge in [-0.15, -0.1) is 11.3 Å². The summed E-state index contributed by atoms with van der Waals surface area (Å²) in [5, 5.41) is 5.78. The van der Waals surface area contributed by atoms with E-state index in [0.29, 0.717) is 5.92 Å². The molecule has 1 N–H and O–H groups in total. The summed E-state index contributed by atoms with van der Waals surface area (Å²) in [6.45, 7) is 7.81. The van der Waals surface area contributed by atoms with E-state index < -0.39 is 0 Å². The van der Waals surface area contributed by atoms with Gasteiger partial charge in [-0.1, -0.05) is 19.4 Å². The van der Waals surface area contributed by atoms with Crippen molar-refractivity contribution >= 4 is 17.4 Å². The topological polar surface area (TPSA) is 12.0 Å². The molecule has 1 aliphatic rings. The molecular formula is C14H21NS. The Balaban J connectivity index is 2.04. The zero-order chi connectivity index (χ0) is 11.5. The molecule has 16 heavy (non-hydrogen) atoms. The van der Waals surface area contributed by atoms with Gasteiger partial charge in [0, 0.05) is 17.5 Å². The summed E-state index contributed by atoms with van der Waals surface area (Å²) in [5.41, 5.74) is 2.92. The van der Waals surface area contributed by atoms with E-state index in [2.05, 4.69) is 43.6 Å². The maximum Gasteiger partial charge on any atom is 0.0299 e. The Morgan fingerprint density at radius 2 is 2.31 bits per heavy atom. The van der Waals surface area contributed by atoms with Crippen molar-refractivity contribution in [3.63, 3.8) is 0 Å². The van der Waals surface area contributed by atoms with E-state index in [1.54, 1.807) is 0 Å². The molecule has 2 heteroatoms. The zero-order valence-corrected chi connectivity index (χ0v) is 11.2. The fraction of sp³-hybridized carbons (Fsp3) is 0.571. The second-order valence-electron chi connectivity index (χ2n) is 5.00. The summed E-state index contributed by atoms with van der Waals surface area (Å²) < 4.78 is 0. The molecule has 0 amide bonds. The smallest absolute Gasteiger partial charge is 0.0299 e. The highest BCUT2D eigenvalue weighted by Gasteiger charge is 2.20. The summed E-state index contributed by atoms with van der Waals surface area (Å²) >= 11 is 1.84. The average Bonchev–Trinajstić information content (AvgIpc) is 2.97. The second kappa shape index (κ2) is 5.15. The van der Waals surface area contributed by atoms with Gasteiger partial charge in [0.15, 0.2) is 0 Å². The van der Waals surface area contributed by atoms with Crippen molar-refractivity contribution in [2.75, 3.05) is 6.54 Å². The Hall–Kier alpha value is -0.600. The molecule has 1 saturated carbocycles. The van der Waals surface area contributed by atoms with Crippen LogP contribution in [0, 0.1) is 12.8 Å². The normalized spacial score (nSPS) is 17.1. The van der Waals surface area contributed by atoms with Gasteiger partial charge >= 0.3 is 0 Å². The Bertz CT molecular complexity index is 372. The van der Waals surface area contributed by atoms with E-state index in [9.17, 15) is 0 Å². The summed E-state index contributed by atoms with van der Waals surface area (Å²) in [4.78, 5) is 1.42. The van der Waals surface area contributed by atoms with Crippen molar-refractivity contribution in [3.05, 3.63) is 27.5 Å². The van der Waals surface area contributed by atoms with Gasteiger partial charge in [0.1, 0.15) is 0 Å². The summed E-state index contributed by atoms with van der Waals surface area (Å²) in [7, 11) is 0. The van der Waals surface area contributed by atoms with E-state index in [1.807, 2.05) is 11.3 Å². The number of hydrogen-bond donors (Lipinski definition) is 1. The largest absolute Gasteiger partial charge is 0.310 e. The SMILES string of the molecule is Cc1ccsc1C=C(CNC1CC1)C(C)C. The first-order valence-corrected chi connectivity index (χ1v) is 7.02. The molecule has 1 aliphatic carbocycles. The van der Waals surface area contributed by atoms with Crippen LogP contribution in [0.2, 0.25) is 0 Å². The van der Waals surface area contributed by atoms with E-state index in [4.69, 9.17) is 0 Å². The quantitative estimate of drug-likeness (QED) is 0.817. The van der Waals surface area contributed by atoms with E-state index in [1.165, 1.54) is 28.9 Å². The highest BCUT2D eigenvalue weighted by Crippen LogP contribution is 2.23. The molecule has 0 bridgehead atoms. The predicted molar refractivity (Wildman–Crippen MR) is 72.9 cm³/mol. The molecular weight excluding hydrogens is 214 g/mol. The summed E-state index contributed by atoms with van der Waals surface area (Å²) in [5.74, 6) is 0.632. The first-order valence-electron chi connectivity index (χ1n) is 6.14. The van der Waals surface area contributed by atoms with Gasteiger partial charge in [0.05, 0.1) is 0 Å². The lowest BCUT2D eigenvalue weighted by molar-refractivity contribution is 0.663. The van der Waals surface area contributed by atoms with Crippen molar-refractivity contribution in [3.8, 4) is 0 Å². The maximum atomic E-state index is 3.61. The number of hydrogen-bond acceptors (Lipinski definition) is 2. The van der Waals surface area contributed by atoms with Crippen LogP contribution in [0.1, 0.15) is 37.1 Å². The third kappa shape index (κ3) is 3.19. The zero-order valence-electron chi connectivity index (χ0n) is 10.4. The fourth-order valence-corrected chi connectivity index (χ4v) is 2.56. The van der Waals surface area contributed by atoms with Gasteiger partial charge in [-0.25, -0.2) is 0 Å². The average molecular weight is 235 g/mol. The molecule has 0 aliphatic heterocycles. The van der Waals surface area contributed by atoms with Crippen molar-refractivity contribution in [2.24, 2.45) is 5.92 Å². The summed E-state index contributed by atoms with van der Waals surface area (Å²) in [6, 6.07) is 2.99. The lowest BCUT2D eigenvalue weighted by atomic mass is 10.0. The van der Waals surface area contributed by atoms with Crippen LogP contribution in [0.25, 0.3) is 6.08 Å². The highest BCUT2D eigenvalue weighted by molar-refractivity contribution is 7.11. The first kappa shape index (κ1) is 11.9. The first-order chi connectivity index (χ1) is 7.66. The Morgan fingerprint density at radius 3 is 2.81 bits per heavy atom. The molecule has 0 spiro atoms. The van der Waals surface area contributed by atoms with Crippen molar-refractivity contribution in [1.82, 2.24) is 5.32 Å². The van der Waals surface area contributed by atoms with Crippen LogP contribution in [-0.4, -0.2) is 12.6 Å². The van der Waals surface area contributed by atoms with Crippen LogP contribution in [0.5, 0.6) is 0 Å². The number of thiophene rings is 1. The minimum atomic E-state index is 0.632. The molecule has 1 heterocycles. The van der Waals surface area contributed by atoms with Crippen LogP contribution in [-0.2, 0) is 0 Å². The van der Waals surface area contributed by atoms with Crippen molar-refractivity contribution in [1.29, 1.82) is 0 Å². The monoisotopic (exact) mass is 235 g/mol. The number of aryl methyl sites for hydroxylation is 1. The molecule has 1 aromatic rings. The van der Waals surface area contributed by atoms with Gasteiger partial charge in [-0.05, 0) is 48.8 Å². The summed E-state index contributed by atoms with van der Waals surface area (Å²) in [6.07, 6.45) is 5.10. The molecule has 0 atom stereocenters. The number of rotatable bonds is 5. The van der Waals surface area contributed by atoms with E-state index >= 15 is 0 Å². The molecule has 0 aromatic carbocycles. The molecule has 1 nitrogen and oxygen atoms in total. The Kier molecular flexibility index (Phi) is 3.82. The lowest BCUT2D eigenvalue weighted by Gasteiger charge is -2.12. The maximum absolute atomic E-state index is 3.61. The standard InChI is InChI=1S/C14H21NS/c1-10(2)12(9-15-13-4-5-13)8-14-11(3)6-7-16-14/h6-8,10,13,15H,4-5,9H2,1-3H3. The van der Waals surface area contributed by atoms with Crippen LogP contribution in [0.4, 0.5) is 0 Å². The molecule has 0 saturated heterocycles. The van der Waals surface area contributed by atoms with Crippen LogP contribution in [0.3, 0.4) is 0 Å². The van der Waals surface area contributed by atoms with E-state index in [0.717, 1.165) is 12.6 Å². The second-order valence-corrected chi connectivity index (χ2v) is 5.94. The van der Waals surface area contributed by atoms with Gasteiger partial charge < -0.3 is 5.32 Å². The molecule has 1 fully saturated rings. The van der Waals surface area contributed by atoms with Crippen LogP contribution < -0.4 is 5.32 Å². The van der Waals surface area contributed by atoms with Gasteiger partial charge in [0.25, 0.3) is 0 Å². The van der Waals surface area contributed by atoms with E-state index in [-0.39, 0.29) is 0 Å². The third-order valence-corrected chi connectivity index (χ3v) is 4.10.